The van der Waals surface area contributed by atoms with Gasteiger partial charge >= 0.3 is 0 Å². The first kappa shape index (κ1) is 9.55. The molecule has 2 rings (SSSR count). The number of hydrogen-bond donors (Lipinski definition) is 1. The number of nitrogens with zero attached hydrogens (tertiary/aromatic N) is 2. The van der Waals surface area contributed by atoms with Crippen LogP contribution >= 0.6 is 0 Å². The molecule has 4 heteroatoms. The summed E-state index contributed by atoms with van der Waals surface area (Å²) in [7, 11) is 1.60. The quantitative estimate of drug-likeness (QED) is 0.734. The average molecular weight is 193 g/mol. The van der Waals surface area contributed by atoms with Gasteiger partial charge in [-0.05, 0) is 12.8 Å². The van der Waals surface area contributed by atoms with Gasteiger partial charge in [0.05, 0.1) is 7.11 Å². The first-order chi connectivity index (χ1) is 6.90. The van der Waals surface area contributed by atoms with E-state index in [1.807, 2.05) is 12.4 Å². The van der Waals surface area contributed by atoms with Gasteiger partial charge < -0.3 is 4.84 Å². The minimum atomic E-state index is 0.611. The molecule has 14 heavy (non-hydrogen) atoms. The highest BCUT2D eigenvalue weighted by atomic mass is 16.6. The number of hydrogen-bond acceptors (Lipinski definition) is 4. The second kappa shape index (κ2) is 4.48. The van der Waals surface area contributed by atoms with Gasteiger partial charge in [0.1, 0.15) is 5.82 Å². The topological polar surface area (TPSA) is 47.0 Å². The van der Waals surface area contributed by atoms with Crippen molar-refractivity contribution in [3.05, 3.63) is 23.8 Å². The molecule has 0 unspecified atom stereocenters. The zero-order valence-electron chi connectivity index (χ0n) is 8.36. The molecule has 1 fully saturated rings. The molecular weight excluding hydrogens is 178 g/mol. The molecule has 1 aromatic heterocycles. The number of rotatable bonds is 4. The maximum absolute atomic E-state index is 4.75. The van der Waals surface area contributed by atoms with Crippen molar-refractivity contribution in [3.8, 4) is 0 Å². The zero-order valence-corrected chi connectivity index (χ0v) is 8.36. The molecule has 0 radical (unpaired) electrons. The SMILES string of the molecule is CONCc1cnc(C2CCC2)nc1. The van der Waals surface area contributed by atoms with E-state index in [1.165, 1.54) is 19.3 Å². The summed E-state index contributed by atoms with van der Waals surface area (Å²) in [6, 6.07) is 0. The van der Waals surface area contributed by atoms with Crippen molar-refractivity contribution in [1.29, 1.82) is 0 Å². The summed E-state index contributed by atoms with van der Waals surface area (Å²) in [6.45, 7) is 0.654. The maximum Gasteiger partial charge on any atom is 0.131 e. The highest BCUT2D eigenvalue weighted by Crippen LogP contribution is 2.33. The predicted octanol–water partition coefficient (Wildman–Crippen LogP) is 1.40. The monoisotopic (exact) mass is 193 g/mol. The van der Waals surface area contributed by atoms with Gasteiger partial charge in [-0.3, -0.25) is 0 Å². The molecule has 76 valence electrons. The Balaban J connectivity index is 1.95. The zero-order chi connectivity index (χ0) is 9.80. The lowest BCUT2D eigenvalue weighted by Gasteiger charge is -2.23. The van der Waals surface area contributed by atoms with Crippen LogP contribution < -0.4 is 5.48 Å². The Kier molecular flexibility index (Phi) is 3.06. The highest BCUT2D eigenvalue weighted by molar-refractivity contribution is 5.08. The summed E-state index contributed by atoms with van der Waals surface area (Å²) in [4.78, 5) is 13.4. The molecule has 0 atom stereocenters. The molecule has 1 heterocycles. The largest absolute Gasteiger partial charge is 0.305 e. The summed E-state index contributed by atoms with van der Waals surface area (Å²) in [5, 5.41) is 0. The van der Waals surface area contributed by atoms with E-state index < -0.39 is 0 Å². The van der Waals surface area contributed by atoms with Crippen LogP contribution in [0.25, 0.3) is 0 Å². The van der Waals surface area contributed by atoms with Gasteiger partial charge in [0.15, 0.2) is 0 Å². The molecule has 4 nitrogen and oxygen atoms in total. The van der Waals surface area contributed by atoms with E-state index in [-0.39, 0.29) is 0 Å². The van der Waals surface area contributed by atoms with E-state index in [0.29, 0.717) is 12.5 Å². The van der Waals surface area contributed by atoms with Gasteiger partial charge in [0, 0.05) is 30.4 Å². The van der Waals surface area contributed by atoms with Crippen molar-refractivity contribution < 1.29 is 4.84 Å². The van der Waals surface area contributed by atoms with Gasteiger partial charge in [-0.25, -0.2) is 9.97 Å². The maximum atomic E-state index is 4.75. The molecule has 0 amide bonds. The third kappa shape index (κ3) is 2.08. The van der Waals surface area contributed by atoms with Crippen LogP contribution in [0.5, 0.6) is 0 Å². The molecule has 0 aliphatic heterocycles. The molecule has 0 spiro atoms. The Bertz CT molecular complexity index is 282. The summed E-state index contributed by atoms with van der Waals surface area (Å²) < 4.78 is 0. The minimum absolute atomic E-state index is 0.611. The molecule has 1 aliphatic rings. The molecule has 0 aromatic carbocycles. The van der Waals surface area contributed by atoms with Crippen LogP contribution in [0, 0.1) is 0 Å². The Morgan fingerprint density at radius 3 is 2.64 bits per heavy atom. The average Bonchev–Trinajstić information content (AvgIpc) is 2.14. The standard InChI is InChI=1S/C10H15N3O/c1-14-13-7-8-5-11-10(12-6-8)9-3-2-4-9/h5-6,9,13H,2-4,7H2,1H3. The molecule has 1 aliphatic carbocycles. The molecule has 1 aromatic rings. The van der Waals surface area contributed by atoms with E-state index >= 15 is 0 Å². The predicted molar refractivity (Wildman–Crippen MR) is 52.5 cm³/mol. The number of aromatic nitrogens is 2. The van der Waals surface area contributed by atoms with Crippen molar-refractivity contribution in [3.63, 3.8) is 0 Å². The fraction of sp³-hybridized carbons (Fsp3) is 0.600. The lowest BCUT2D eigenvalue weighted by molar-refractivity contribution is 0.0865. The van der Waals surface area contributed by atoms with Gasteiger partial charge in [0.2, 0.25) is 0 Å². The lowest BCUT2D eigenvalue weighted by Crippen LogP contribution is -2.14. The van der Waals surface area contributed by atoms with Crippen LogP contribution in [-0.2, 0) is 11.4 Å². The first-order valence-electron chi connectivity index (χ1n) is 4.97. The van der Waals surface area contributed by atoms with E-state index in [4.69, 9.17) is 4.84 Å². The van der Waals surface area contributed by atoms with Crippen LogP contribution in [0.15, 0.2) is 12.4 Å². The van der Waals surface area contributed by atoms with E-state index in [9.17, 15) is 0 Å². The smallest absolute Gasteiger partial charge is 0.131 e. The summed E-state index contributed by atoms with van der Waals surface area (Å²) in [5.41, 5.74) is 3.81. The van der Waals surface area contributed by atoms with Crippen molar-refractivity contribution in [2.75, 3.05) is 7.11 Å². The van der Waals surface area contributed by atoms with E-state index in [2.05, 4.69) is 15.4 Å². The molecule has 0 bridgehead atoms. The highest BCUT2D eigenvalue weighted by Gasteiger charge is 2.21. The van der Waals surface area contributed by atoms with Crippen LogP contribution in [0.4, 0.5) is 0 Å². The van der Waals surface area contributed by atoms with E-state index in [1.54, 1.807) is 7.11 Å². The van der Waals surface area contributed by atoms with Gasteiger partial charge in [-0.2, -0.15) is 5.48 Å². The summed E-state index contributed by atoms with van der Waals surface area (Å²) in [5.74, 6) is 1.61. The van der Waals surface area contributed by atoms with Crippen molar-refractivity contribution in [1.82, 2.24) is 15.4 Å². The molecule has 1 N–H and O–H groups in total. The fourth-order valence-electron chi connectivity index (χ4n) is 1.49. The second-order valence-corrected chi connectivity index (χ2v) is 3.60. The Labute approximate surface area is 83.7 Å². The molecule has 0 saturated heterocycles. The summed E-state index contributed by atoms with van der Waals surface area (Å²) in [6.07, 6.45) is 7.55. The Morgan fingerprint density at radius 2 is 2.14 bits per heavy atom. The molecular formula is C10H15N3O. The van der Waals surface area contributed by atoms with Gasteiger partial charge in [-0.1, -0.05) is 6.42 Å². The van der Waals surface area contributed by atoms with Gasteiger partial charge in [0.25, 0.3) is 0 Å². The van der Waals surface area contributed by atoms with Gasteiger partial charge in [-0.15, -0.1) is 0 Å². The molecule has 1 saturated carbocycles. The van der Waals surface area contributed by atoms with Crippen LogP contribution in [0.1, 0.15) is 36.6 Å². The Morgan fingerprint density at radius 1 is 1.43 bits per heavy atom. The normalized spacial score (nSPS) is 16.6. The third-order valence-electron chi connectivity index (χ3n) is 2.62. The lowest BCUT2D eigenvalue weighted by atomic mass is 9.85. The van der Waals surface area contributed by atoms with Crippen LogP contribution in [-0.4, -0.2) is 17.1 Å². The van der Waals surface area contributed by atoms with Crippen molar-refractivity contribution in [2.24, 2.45) is 0 Å². The van der Waals surface area contributed by atoms with Crippen molar-refractivity contribution >= 4 is 0 Å². The minimum Gasteiger partial charge on any atom is -0.305 e. The van der Waals surface area contributed by atoms with Crippen molar-refractivity contribution in [2.45, 2.75) is 31.7 Å². The number of nitrogens with one attached hydrogen (secondary N) is 1. The third-order valence-corrected chi connectivity index (χ3v) is 2.62. The Hall–Kier alpha value is -1.00. The number of hydroxylamine groups is 1. The van der Waals surface area contributed by atoms with E-state index in [0.717, 1.165) is 11.4 Å². The summed E-state index contributed by atoms with van der Waals surface area (Å²) >= 11 is 0. The van der Waals surface area contributed by atoms with Crippen LogP contribution in [0.2, 0.25) is 0 Å². The first-order valence-corrected chi connectivity index (χ1v) is 4.97. The second-order valence-electron chi connectivity index (χ2n) is 3.60. The van der Waals surface area contributed by atoms with Crippen LogP contribution in [0.3, 0.4) is 0 Å². The fourth-order valence-corrected chi connectivity index (χ4v) is 1.49.